The van der Waals surface area contributed by atoms with Crippen LogP contribution in [0.15, 0.2) is 0 Å². The van der Waals surface area contributed by atoms with Gasteiger partial charge in [-0.1, -0.05) is 33.1 Å². The zero-order valence-electron chi connectivity index (χ0n) is 11.5. The van der Waals surface area contributed by atoms with Gasteiger partial charge in [0.2, 0.25) is 11.8 Å². The summed E-state index contributed by atoms with van der Waals surface area (Å²) in [6, 6.07) is -0.965. The second-order valence-electron chi connectivity index (χ2n) is 5.80. The fraction of sp³-hybridized carbons (Fsp3) is 0.786. The molecule has 0 bridgehead atoms. The summed E-state index contributed by atoms with van der Waals surface area (Å²) in [4.78, 5) is 36.9. The molecule has 5 heteroatoms. The van der Waals surface area contributed by atoms with Crippen LogP contribution in [0.4, 0.5) is 0 Å². The molecule has 0 aromatic heterocycles. The summed E-state index contributed by atoms with van der Waals surface area (Å²) in [5.41, 5.74) is 0. The molecular weight excluding hydrogens is 246 g/mol. The maximum Gasteiger partial charge on any atom is 0.327 e. The summed E-state index contributed by atoms with van der Waals surface area (Å²) < 4.78 is 0. The van der Waals surface area contributed by atoms with Crippen LogP contribution in [0.3, 0.4) is 0 Å². The number of hydrogen-bond acceptors (Lipinski definition) is 3. The Balaban J connectivity index is 2.26. The molecule has 0 aromatic carbocycles. The quantitative estimate of drug-likeness (QED) is 0.789. The van der Waals surface area contributed by atoms with Crippen molar-refractivity contribution in [3.8, 4) is 0 Å². The lowest BCUT2D eigenvalue weighted by molar-refractivity contribution is -0.158. The molecule has 3 unspecified atom stereocenters. The Morgan fingerprint density at radius 1 is 1.11 bits per heavy atom. The predicted molar refractivity (Wildman–Crippen MR) is 68.2 cm³/mol. The van der Waals surface area contributed by atoms with Crippen LogP contribution >= 0.6 is 0 Å². The van der Waals surface area contributed by atoms with E-state index in [4.69, 9.17) is 0 Å². The molecular formula is C14H21NO4. The number of nitrogens with zero attached hydrogens (tertiary/aromatic N) is 1. The van der Waals surface area contributed by atoms with Gasteiger partial charge >= 0.3 is 5.97 Å². The van der Waals surface area contributed by atoms with Crippen molar-refractivity contribution in [2.24, 2.45) is 17.8 Å². The minimum atomic E-state index is -1.05. The van der Waals surface area contributed by atoms with Crippen LogP contribution in [-0.2, 0) is 14.4 Å². The molecule has 2 amide bonds. The van der Waals surface area contributed by atoms with Gasteiger partial charge in [-0.2, -0.15) is 0 Å². The van der Waals surface area contributed by atoms with Gasteiger partial charge in [-0.25, -0.2) is 4.79 Å². The van der Waals surface area contributed by atoms with Crippen molar-refractivity contribution >= 4 is 17.8 Å². The molecule has 5 nitrogen and oxygen atoms in total. The Labute approximate surface area is 113 Å². The van der Waals surface area contributed by atoms with Gasteiger partial charge in [0.1, 0.15) is 6.04 Å². The van der Waals surface area contributed by atoms with E-state index in [1.807, 2.05) is 0 Å². The summed E-state index contributed by atoms with van der Waals surface area (Å²) >= 11 is 0. The van der Waals surface area contributed by atoms with Crippen LogP contribution in [-0.4, -0.2) is 33.8 Å². The number of amides is 2. The van der Waals surface area contributed by atoms with E-state index in [1.54, 1.807) is 13.8 Å². The molecule has 0 radical (unpaired) electrons. The van der Waals surface area contributed by atoms with Crippen LogP contribution in [0, 0.1) is 17.8 Å². The smallest absolute Gasteiger partial charge is 0.327 e. The molecule has 1 N–H and O–H groups in total. The van der Waals surface area contributed by atoms with Crippen molar-refractivity contribution in [2.45, 2.75) is 52.0 Å². The molecule has 2 aliphatic rings. The van der Waals surface area contributed by atoms with E-state index in [1.165, 1.54) is 0 Å². The van der Waals surface area contributed by atoms with Crippen molar-refractivity contribution in [1.29, 1.82) is 0 Å². The van der Waals surface area contributed by atoms with Crippen LogP contribution in [0.25, 0.3) is 0 Å². The molecule has 1 saturated carbocycles. The largest absolute Gasteiger partial charge is 0.480 e. The number of hydrogen-bond donors (Lipinski definition) is 1. The molecule has 0 aromatic rings. The third-order valence-corrected chi connectivity index (χ3v) is 4.63. The van der Waals surface area contributed by atoms with Gasteiger partial charge in [-0.05, 0) is 18.8 Å². The summed E-state index contributed by atoms with van der Waals surface area (Å²) in [6.07, 6.45) is 4.65. The lowest BCUT2D eigenvalue weighted by atomic mass is 9.83. The number of rotatable bonds is 3. The summed E-state index contributed by atoms with van der Waals surface area (Å²) in [7, 11) is 0. The first kappa shape index (κ1) is 14.0. The number of carbonyl (C=O) groups excluding carboxylic acids is 2. The molecule has 19 heavy (non-hydrogen) atoms. The first-order valence-corrected chi connectivity index (χ1v) is 7.05. The predicted octanol–water partition coefficient (Wildman–Crippen LogP) is 1.66. The summed E-state index contributed by atoms with van der Waals surface area (Å²) in [6.45, 7) is 3.40. The maximum absolute atomic E-state index is 12.2. The molecule has 106 valence electrons. The fourth-order valence-electron chi connectivity index (χ4n) is 3.22. The van der Waals surface area contributed by atoms with E-state index < -0.39 is 23.8 Å². The van der Waals surface area contributed by atoms with Crippen molar-refractivity contribution in [3.63, 3.8) is 0 Å². The Hall–Kier alpha value is -1.39. The normalized spacial score (nSPS) is 30.7. The number of carbonyl (C=O) groups is 3. The average molecular weight is 267 g/mol. The molecule has 2 fully saturated rings. The summed E-state index contributed by atoms with van der Waals surface area (Å²) in [5.74, 6) is -2.59. The standard InChI is InChI=1S/C14H21NO4/c1-8-9(2)13(17)15(12(8)16)11(14(18)19)10-6-4-3-5-7-10/h8-11H,3-7H2,1-2H3,(H,18,19). The highest BCUT2D eigenvalue weighted by molar-refractivity contribution is 6.07. The minimum Gasteiger partial charge on any atom is -0.480 e. The van der Waals surface area contributed by atoms with E-state index >= 15 is 0 Å². The van der Waals surface area contributed by atoms with Gasteiger partial charge in [0, 0.05) is 11.8 Å². The van der Waals surface area contributed by atoms with E-state index in [9.17, 15) is 19.5 Å². The maximum atomic E-state index is 12.2. The van der Waals surface area contributed by atoms with Crippen molar-refractivity contribution < 1.29 is 19.5 Å². The monoisotopic (exact) mass is 267 g/mol. The highest BCUT2D eigenvalue weighted by Crippen LogP contribution is 2.34. The Morgan fingerprint density at radius 3 is 2.00 bits per heavy atom. The second kappa shape index (κ2) is 5.31. The third-order valence-electron chi connectivity index (χ3n) is 4.63. The number of likely N-dealkylation sites (tertiary alicyclic amines) is 1. The van der Waals surface area contributed by atoms with E-state index in [0.29, 0.717) is 0 Å². The molecule has 1 aliphatic heterocycles. The highest BCUT2D eigenvalue weighted by atomic mass is 16.4. The Bertz CT molecular complexity index is 380. The highest BCUT2D eigenvalue weighted by Gasteiger charge is 2.49. The minimum absolute atomic E-state index is 0.0864. The lowest BCUT2D eigenvalue weighted by Crippen LogP contribution is -2.50. The van der Waals surface area contributed by atoms with Gasteiger partial charge in [0.15, 0.2) is 0 Å². The van der Waals surface area contributed by atoms with Crippen molar-refractivity contribution in [3.05, 3.63) is 0 Å². The van der Waals surface area contributed by atoms with Crippen LogP contribution < -0.4 is 0 Å². The lowest BCUT2D eigenvalue weighted by Gasteiger charge is -2.32. The van der Waals surface area contributed by atoms with Gasteiger partial charge in [0.25, 0.3) is 0 Å². The number of carboxylic acid groups (broad SMARTS) is 1. The number of carboxylic acids is 1. The molecule has 1 saturated heterocycles. The van der Waals surface area contributed by atoms with Gasteiger partial charge in [-0.3, -0.25) is 14.5 Å². The average Bonchev–Trinajstić information content (AvgIpc) is 2.58. The molecule has 0 spiro atoms. The SMILES string of the molecule is CC1C(=O)N(C(C(=O)O)C2CCCCC2)C(=O)C1C. The van der Waals surface area contributed by atoms with Crippen LogP contribution in [0.2, 0.25) is 0 Å². The van der Waals surface area contributed by atoms with Gasteiger partial charge < -0.3 is 5.11 Å². The first-order valence-electron chi connectivity index (χ1n) is 7.05. The number of aliphatic carboxylic acids is 1. The Morgan fingerprint density at radius 2 is 1.58 bits per heavy atom. The van der Waals surface area contributed by atoms with E-state index in [0.717, 1.165) is 37.0 Å². The fourth-order valence-corrected chi connectivity index (χ4v) is 3.22. The van der Waals surface area contributed by atoms with Crippen molar-refractivity contribution in [1.82, 2.24) is 4.90 Å². The second-order valence-corrected chi connectivity index (χ2v) is 5.80. The van der Waals surface area contributed by atoms with Gasteiger partial charge in [-0.15, -0.1) is 0 Å². The zero-order valence-corrected chi connectivity index (χ0v) is 11.5. The van der Waals surface area contributed by atoms with E-state index in [2.05, 4.69) is 0 Å². The molecule has 1 aliphatic carbocycles. The molecule has 3 atom stereocenters. The van der Waals surface area contributed by atoms with Crippen LogP contribution in [0.5, 0.6) is 0 Å². The summed E-state index contributed by atoms with van der Waals surface area (Å²) in [5, 5.41) is 9.45. The molecule has 2 rings (SSSR count). The first-order chi connectivity index (χ1) is 8.95. The van der Waals surface area contributed by atoms with Gasteiger partial charge in [0.05, 0.1) is 0 Å². The molecule has 1 heterocycles. The van der Waals surface area contributed by atoms with Crippen LogP contribution in [0.1, 0.15) is 46.0 Å². The topological polar surface area (TPSA) is 74.7 Å². The third kappa shape index (κ3) is 2.38. The van der Waals surface area contributed by atoms with Crippen molar-refractivity contribution in [2.75, 3.05) is 0 Å². The zero-order chi connectivity index (χ0) is 14.2. The number of imide groups is 1. The Kier molecular flexibility index (Phi) is 3.92. The van der Waals surface area contributed by atoms with E-state index in [-0.39, 0.29) is 17.7 Å².